The van der Waals surface area contributed by atoms with Crippen LogP contribution in [0.15, 0.2) is 9.41 Å². The van der Waals surface area contributed by atoms with Crippen LogP contribution >= 0.6 is 24.0 Å². The van der Waals surface area contributed by atoms with E-state index in [-0.39, 0.29) is 24.0 Å². The molecule has 8 heteroatoms. The van der Waals surface area contributed by atoms with Crippen molar-refractivity contribution in [2.24, 2.45) is 4.99 Å². The number of piperidine rings is 1. The first-order valence-corrected chi connectivity index (χ1v) is 8.63. The molecule has 1 aliphatic heterocycles. The van der Waals surface area contributed by atoms with Gasteiger partial charge in [0.1, 0.15) is 5.76 Å². The van der Waals surface area contributed by atoms with Crippen molar-refractivity contribution in [2.75, 3.05) is 40.5 Å². The maximum Gasteiger partial charge on any atom is 0.214 e. The highest BCUT2D eigenvalue weighted by molar-refractivity contribution is 14.0. The normalized spacial score (nSPS) is 16.0. The van der Waals surface area contributed by atoms with E-state index in [1.807, 2.05) is 20.9 Å². The Labute approximate surface area is 167 Å². The van der Waals surface area contributed by atoms with Gasteiger partial charge in [-0.2, -0.15) is 0 Å². The van der Waals surface area contributed by atoms with E-state index in [9.17, 15) is 0 Å². The quantitative estimate of drug-likeness (QED) is 0.288. The number of ether oxygens (including phenoxy) is 2. The molecule has 0 amide bonds. The number of aliphatic imine (C=N–C) groups is 1. The Morgan fingerprint density at radius 1 is 1.32 bits per heavy atom. The molecular formula is C17H31IN4O3. The molecule has 1 saturated heterocycles. The van der Waals surface area contributed by atoms with Crippen LogP contribution in [-0.2, 0) is 16.0 Å². The number of guanidine groups is 1. The summed E-state index contributed by atoms with van der Waals surface area (Å²) in [7, 11) is 3.53. The van der Waals surface area contributed by atoms with Gasteiger partial charge in [0.05, 0.1) is 18.3 Å². The van der Waals surface area contributed by atoms with E-state index in [1.54, 1.807) is 7.11 Å². The summed E-state index contributed by atoms with van der Waals surface area (Å²) < 4.78 is 16.5. The Morgan fingerprint density at radius 2 is 2.04 bits per heavy atom. The fourth-order valence-corrected chi connectivity index (χ4v) is 2.79. The summed E-state index contributed by atoms with van der Waals surface area (Å²) in [6.07, 6.45) is 3.33. The van der Waals surface area contributed by atoms with Crippen molar-refractivity contribution in [3.05, 3.63) is 17.3 Å². The Kier molecular flexibility index (Phi) is 10.4. The molecule has 0 bridgehead atoms. The molecule has 0 saturated carbocycles. The molecular weight excluding hydrogens is 435 g/mol. The maximum absolute atomic E-state index is 5.90. The van der Waals surface area contributed by atoms with Crippen LogP contribution in [0.25, 0.3) is 0 Å². The first-order valence-electron chi connectivity index (χ1n) is 8.63. The van der Waals surface area contributed by atoms with Gasteiger partial charge < -0.3 is 24.1 Å². The van der Waals surface area contributed by atoms with E-state index in [2.05, 4.69) is 20.2 Å². The van der Waals surface area contributed by atoms with Crippen molar-refractivity contribution < 1.29 is 13.9 Å². The van der Waals surface area contributed by atoms with Gasteiger partial charge >= 0.3 is 0 Å². The molecule has 1 aromatic heterocycles. The molecule has 2 heterocycles. The number of methoxy groups -OCH3 is 1. The van der Waals surface area contributed by atoms with Crippen LogP contribution in [0.4, 0.5) is 0 Å². The van der Waals surface area contributed by atoms with Crippen LogP contribution in [0, 0.1) is 13.8 Å². The molecule has 1 aliphatic rings. The lowest BCUT2D eigenvalue weighted by atomic mass is 10.1. The molecule has 1 N–H and O–H groups in total. The third-order valence-electron chi connectivity index (χ3n) is 4.27. The van der Waals surface area contributed by atoms with Crippen molar-refractivity contribution >= 4 is 29.9 Å². The minimum absolute atomic E-state index is 0. The molecule has 25 heavy (non-hydrogen) atoms. The van der Waals surface area contributed by atoms with Crippen LogP contribution in [0.2, 0.25) is 0 Å². The van der Waals surface area contributed by atoms with E-state index in [0.29, 0.717) is 18.5 Å². The van der Waals surface area contributed by atoms with Crippen molar-refractivity contribution in [1.82, 2.24) is 15.2 Å². The standard InChI is InChI=1S/C17H30N4O3.HI/c1-13-14(2)24-16(20-13)12-19-17(18-3)21-8-6-15(7-9-21)23-11-5-10-22-4;/h15H,5-12H2,1-4H3,(H,18,19);1H. The Bertz CT molecular complexity index is 508. The lowest BCUT2D eigenvalue weighted by Gasteiger charge is -2.34. The highest BCUT2D eigenvalue weighted by Crippen LogP contribution is 2.14. The largest absolute Gasteiger partial charge is 0.444 e. The van der Waals surface area contributed by atoms with Crippen LogP contribution in [0.3, 0.4) is 0 Å². The summed E-state index contributed by atoms with van der Waals surface area (Å²) >= 11 is 0. The predicted octanol–water partition coefficient (Wildman–Crippen LogP) is 2.50. The summed E-state index contributed by atoms with van der Waals surface area (Å²) in [5, 5.41) is 3.33. The molecule has 0 spiro atoms. The number of aryl methyl sites for hydroxylation is 2. The fourth-order valence-electron chi connectivity index (χ4n) is 2.79. The molecule has 0 aromatic carbocycles. The number of nitrogens with one attached hydrogen (secondary N) is 1. The second-order valence-electron chi connectivity index (χ2n) is 6.05. The van der Waals surface area contributed by atoms with Crippen molar-refractivity contribution in [3.63, 3.8) is 0 Å². The van der Waals surface area contributed by atoms with E-state index in [0.717, 1.165) is 63.0 Å². The third-order valence-corrected chi connectivity index (χ3v) is 4.27. The van der Waals surface area contributed by atoms with Gasteiger partial charge in [-0.05, 0) is 33.1 Å². The summed E-state index contributed by atoms with van der Waals surface area (Å²) in [5.41, 5.74) is 0.938. The average molecular weight is 466 g/mol. The van der Waals surface area contributed by atoms with E-state index in [4.69, 9.17) is 13.9 Å². The smallest absolute Gasteiger partial charge is 0.214 e. The maximum atomic E-state index is 5.90. The number of oxazole rings is 1. The van der Waals surface area contributed by atoms with Gasteiger partial charge in [0, 0.05) is 40.5 Å². The topological polar surface area (TPSA) is 72.1 Å². The Balaban J connectivity index is 0.00000312. The number of halogens is 1. The van der Waals surface area contributed by atoms with Gasteiger partial charge in [0.25, 0.3) is 0 Å². The number of hydrogen-bond acceptors (Lipinski definition) is 5. The van der Waals surface area contributed by atoms with Gasteiger partial charge in [-0.3, -0.25) is 4.99 Å². The molecule has 2 rings (SSSR count). The molecule has 1 aromatic rings. The summed E-state index contributed by atoms with van der Waals surface area (Å²) in [6.45, 7) is 7.85. The molecule has 0 unspecified atom stereocenters. The van der Waals surface area contributed by atoms with Crippen molar-refractivity contribution in [3.8, 4) is 0 Å². The average Bonchev–Trinajstić information content (AvgIpc) is 2.91. The van der Waals surface area contributed by atoms with Crippen LogP contribution in [0.1, 0.15) is 36.6 Å². The SMILES string of the molecule is CN=C(NCc1nc(C)c(C)o1)N1CCC(OCCCOC)CC1.I. The molecule has 144 valence electrons. The first kappa shape index (κ1) is 22.2. The number of hydrogen-bond donors (Lipinski definition) is 1. The van der Waals surface area contributed by atoms with Gasteiger partial charge in [-0.15, -0.1) is 24.0 Å². The first-order chi connectivity index (χ1) is 11.6. The van der Waals surface area contributed by atoms with Gasteiger partial charge in [0.2, 0.25) is 5.89 Å². The monoisotopic (exact) mass is 466 g/mol. The predicted molar refractivity (Wildman–Crippen MR) is 109 cm³/mol. The molecule has 0 radical (unpaired) electrons. The lowest BCUT2D eigenvalue weighted by Crippen LogP contribution is -2.46. The second-order valence-corrected chi connectivity index (χ2v) is 6.05. The molecule has 0 aliphatic carbocycles. The molecule has 1 fully saturated rings. The van der Waals surface area contributed by atoms with E-state index in [1.165, 1.54) is 0 Å². The zero-order valence-electron chi connectivity index (χ0n) is 15.7. The molecule has 0 atom stereocenters. The highest BCUT2D eigenvalue weighted by atomic mass is 127. The number of likely N-dealkylation sites (tertiary alicyclic amines) is 1. The Morgan fingerprint density at radius 3 is 2.60 bits per heavy atom. The van der Waals surface area contributed by atoms with Gasteiger partial charge in [0.15, 0.2) is 5.96 Å². The van der Waals surface area contributed by atoms with Crippen molar-refractivity contribution in [1.29, 1.82) is 0 Å². The summed E-state index contributed by atoms with van der Waals surface area (Å²) in [6, 6.07) is 0. The minimum atomic E-state index is 0. The zero-order chi connectivity index (χ0) is 17.4. The van der Waals surface area contributed by atoms with Gasteiger partial charge in [-0.1, -0.05) is 0 Å². The zero-order valence-corrected chi connectivity index (χ0v) is 18.0. The van der Waals surface area contributed by atoms with Crippen LogP contribution < -0.4 is 5.32 Å². The van der Waals surface area contributed by atoms with E-state index < -0.39 is 0 Å². The number of nitrogens with zero attached hydrogens (tertiary/aromatic N) is 3. The summed E-state index contributed by atoms with van der Waals surface area (Å²) in [5.74, 6) is 2.46. The van der Waals surface area contributed by atoms with Crippen LogP contribution in [-0.4, -0.2) is 62.4 Å². The summed E-state index contributed by atoms with van der Waals surface area (Å²) in [4.78, 5) is 11.0. The molecule has 7 nitrogen and oxygen atoms in total. The second kappa shape index (κ2) is 11.7. The Hall–Kier alpha value is -0.870. The fraction of sp³-hybridized carbons (Fsp3) is 0.765. The number of rotatable bonds is 7. The van der Waals surface area contributed by atoms with Gasteiger partial charge in [-0.25, -0.2) is 4.98 Å². The van der Waals surface area contributed by atoms with E-state index >= 15 is 0 Å². The minimum Gasteiger partial charge on any atom is -0.444 e. The lowest BCUT2D eigenvalue weighted by molar-refractivity contribution is 0.00988. The van der Waals surface area contributed by atoms with Crippen LogP contribution in [0.5, 0.6) is 0 Å². The third kappa shape index (κ3) is 7.10. The van der Waals surface area contributed by atoms with Crippen molar-refractivity contribution in [2.45, 2.75) is 45.8 Å². The number of aromatic nitrogens is 1. The highest BCUT2D eigenvalue weighted by Gasteiger charge is 2.22.